The van der Waals surface area contributed by atoms with E-state index in [0.29, 0.717) is 13.1 Å². The third-order valence-corrected chi connectivity index (χ3v) is 6.88. The number of aliphatic hydroxyl groups is 2. The number of benzene rings is 1. The fourth-order valence-electron chi connectivity index (χ4n) is 4.22. The predicted octanol–water partition coefficient (Wildman–Crippen LogP) is 0.993. The highest BCUT2D eigenvalue weighted by Gasteiger charge is 2.49. The van der Waals surface area contributed by atoms with Crippen LogP contribution in [0.2, 0.25) is 0 Å². The summed E-state index contributed by atoms with van der Waals surface area (Å²) in [5, 5.41) is 19.7. The van der Waals surface area contributed by atoms with E-state index in [-0.39, 0.29) is 24.6 Å². The van der Waals surface area contributed by atoms with Crippen molar-refractivity contribution in [2.45, 2.75) is 50.3 Å². The van der Waals surface area contributed by atoms with Crippen molar-refractivity contribution in [1.82, 2.24) is 9.21 Å². The van der Waals surface area contributed by atoms with E-state index in [2.05, 4.69) is 16.7 Å². The van der Waals surface area contributed by atoms with Gasteiger partial charge >= 0.3 is 0 Å². The average molecular weight is 407 g/mol. The molecule has 1 aromatic rings. The van der Waals surface area contributed by atoms with Gasteiger partial charge in [-0.3, -0.25) is 4.90 Å². The molecule has 3 atom stereocenters. The van der Waals surface area contributed by atoms with Gasteiger partial charge in [0.2, 0.25) is 10.0 Å². The number of sulfonamides is 1. The van der Waals surface area contributed by atoms with Crippen LogP contribution in [0, 0.1) is 11.8 Å². The van der Waals surface area contributed by atoms with E-state index in [9.17, 15) is 18.6 Å². The summed E-state index contributed by atoms with van der Waals surface area (Å²) in [6, 6.07) is 7.93. The Bertz CT molecular complexity index is 849. The first-order chi connectivity index (χ1) is 13.1. The molecule has 2 aliphatic heterocycles. The molecule has 2 N–H and O–H groups in total. The fourth-order valence-corrected chi connectivity index (χ4v) is 5.11. The number of rotatable bonds is 3. The molecule has 0 aromatic heterocycles. The van der Waals surface area contributed by atoms with E-state index >= 15 is 0 Å². The van der Waals surface area contributed by atoms with Gasteiger partial charge in [-0.25, -0.2) is 12.7 Å². The Hall–Kier alpha value is -1.43. The minimum Gasteiger partial charge on any atom is -0.395 e. The summed E-state index contributed by atoms with van der Waals surface area (Å²) in [7, 11) is -3.24. The molecule has 2 aliphatic rings. The van der Waals surface area contributed by atoms with Crippen LogP contribution in [-0.4, -0.2) is 78.0 Å². The highest BCUT2D eigenvalue weighted by Crippen LogP contribution is 2.42. The lowest BCUT2D eigenvalue weighted by Crippen LogP contribution is -2.67. The summed E-state index contributed by atoms with van der Waals surface area (Å²) in [5.41, 5.74) is 0.865. The van der Waals surface area contributed by atoms with Crippen LogP contribution in [0.25, 0.3) is 0 Å². The number of fused-ring (bicyclic) bond motifs is 1. The second kappa shape index (κ2) is 8.13. The summed E-state index contributed by atoms with van der Waals surface area (Å²) < 4.78 is 25.9. The summed E-state index contributed by atoms with van der Waals surface area (Å²) in [5.74, 6) is 5.85. The van der Waals surface area contributed by atoms with E-state index in [1.807, 2.05) is 24.3 Å². The first-order valence-electron chi connectivity index (χ1n) is 9.77. The Morgan fingerprint density at radius 1 is 1.18 bits per heavy atom. The molecule has 0 radical (unpaired) electrons. The van der Waals surface area contributed by atoms with Crippen molar-refractivity contribution in [3.05, 3.63) is 35.4 Å². The summed E-state index contributed by atoms with van der Waals surface area (Å²) in [4.78, 5) is 2.25. The zero-order valence-corrected chi connectivity index (χ0v) is 17.6. The Morgan fingerprint density at radius 2 is 1.82 bits per heavy atom. The van der Waals surface area contributed by atoms with Crippen molar-refractivity contribution in [1.29, 1.82) is 0 Å². The minimum atomic E-state index is -3.24. The maximum atomic E-state index is 12.1. The molecule has 2 saturated heterocycles. The van der Waals surface area contributed by atoms with Crippen LogP contribution in [-0.2, 0) is 10.0 Å². The van der Waals surface area contributed by atoms with Crippen LogP contribution >= 0.6 is 0 Å². The van der Waals surface area contributed by atoms with Crippen molar-refractivity contribution in [2.75, 3.05) is 32.5 Å². The Morgan fingerprint density at radius 3 is 2.39 bits per heavy atom. The van der Waals surface area contributed by atoms with Crippen LogP contribution in [0.15, 0.2) is 24.3 Å². The van der Waals surface area contributed by atoms with Gasteiger partial charge < -0.3 is 10.2 Å². The van der Waals surface area contributed by atoms with Gasteiger partial charge in [0.25, 0.3) is 0 Å². The van der Waals surface area contributed by atoms with Crippen LogP contribution in [0.4, 0.5) is 0 Å². The molecule has 0 aliphatic carbocycles. The van der Waals surface area contributed by atoms with Gasteiger partial charge in [-0.2, -0.15) is 0 Å². The SMILES string of the molecule is CC(C)(O)C#Cc1ccc([C@@H]2[C@H](CO)N3CCCCN(S(C)(=O)=O)C[C@@H]23)cc1. The molecule has 0 spiro atoms. The first kappa shape index (κ1) is 21.3. The summed E-state index contributed by atoms with van der Waals surface area (Å²) in [6.07, 6.45) is 3.04. The number of hydrogen-bond donors (Lipinski definition) is 2. The Labute approximate surface area is 168 Å². The largest absolute Gasteiger partial charge is 0.395 e. The molecule has 0 bridgehead atoms. The molecule has 0 saturated carbocycles. The van der Waals surface area contributed by atoms with Crippen LogP contribution in [0.3, 0.4) is 0 Å². The highest BCUT2D eigenvalue weighted by atomic mass is 32.2. The zero-order valence-electron chi connectivity index (χ0n) is 16.8. The average Bonchev–Trinajstić information content (AvgIpc) is 2.58. The van der Waals surface area contributed by atoms with Crippen molar-refractivity contribution in [2.24, 2.45) is 0 Å². The first-order valence-corrected chi connectivity index (χ1v) is 11.6. The van der Waals surface area contributed by atoms with E-state index in [0.717, 1.165) is 30.5 Å². The highest BCUT2D eigenvalue weighted by molar-refractivity contribution is 7.88. The van der Waals surface area contributed by atoms with Crippen molar-refractivity contribution >= 4 is 10.0 Å². The van der Waals surface area contributed by atoms with Crippen molar-refractivity contribution in [3.63, 3.8) is 0 Å². The van der Waals surface area contributed by atoms with E-state index in [1.165, 1.54) is 6.26 Å². The molecule has 0 unspecified atom stereocenters. The molecular weight excluding hydrogens is 376 g/mol. The second-order valence-corrected chi connectivity index (χ2v) is 10.3. The van der Waals surface area contributed by atoms with Gasteiger partial charge in [0.1, 0.15) is 5.60 Å². The molecule has 1 aromatic carbocycles. The smallest absolute Gasteiger partial charge is 0.211 e. The lowest BCUT2D eigenvalue weighted by Gasteiger charge is -2.57. The standard InChI is InChI=1S/C21H30N2O4S/c1-21(2,25)11-10-16-6-8-17(9-7-16)20-18-14-22(28(3,26)27)12-4-5-13-23(18)19(20)15-24/h6-9,18-20,24-25H,4-5,12-15H2,1-3H3/t18-,19-,20-/m0/s1. The molecule has 28 heavy (non-hydrogen) atoms. The lowest BCUT2D eigenvalue weighted by molar-refractivity contribution is -0.0553. The van der Waals surface area contributed by atoms with Crippen molar-refractivity contribution < 1.29 is 18.6 Å². The third-order valence-electron chi connectivity index (χ3n) is 5.61. The summed E-state index contributed by atoms with van der Waals surface area (Å²) in [6.45, 7) is 5.25. The van der Waals surface area contributed by atoms with Gasteiger partial charge in [-0.1, -0.05) is 24.0 Å². The van der Waals surface area contributed by atoms with E-state index in [4.69, 9.17) is 0 Å². The summed E-state index contributed by atoms with van der Waals surface area (Å²) >= 11 is 0. The van der Waals surface area contributed by atoms with Gasteiger partial charge in [-0.05, 0) is 50.9 Å². The lowest BCUT2D eigenvalue weighted by atomic mass is 9.74. The van der Waals surface area contributed by atoms with Crippen LogP contribution in [0.5, 0.6) is 0 Å². The van der Waals surface area contributed by atoms with Gasteiger partial charge in [0, 0.05) is 36.7 Å². The predicted molar refractivity (Wildman–Crippen MR) is 109 cm³/mol. The molecule has 2 fully saturated rings. The molecule has 3 rings (SSSR count). The van der Waals surface area contributed by atoms with Crippen molar-refractivity contribution in [3.8, 4) is 11.8 Å². The molecule has 6 nitrogen and oxygen atoms in total. The maximum Gasteiger partial charge on any atom is 0.211 e. The molecule has 2 heterocycles. The molecule has 7 heteroatoms. The van der Waals surface area contributed by atoms with Gasteiger partial charge in [-0.15, -0.1) is 0 Å². The number of nitrogens with zero attached hydrogens (tertiary/aromatic N) is 2. The molecule has 154 valence electrons. The van der Waals surface area contributed by atoms with E-state index in [1.54, 1.807) is 18.2 Å². The van der Waals surface area contributed by atoms with Gasteiger partial charge in [0.05, 0.1) is 12.9 Å². The zero-order chi connectivity index (χ0) is 20.5. The third kappa shape index (κ3) is 4.76. The van der Waals surface area contributed by atoms with Crippen LogP contribution < -0.4 is 0 Å². The van der Waals surface area contributed by atoms with E-state index < -0.39 is 15.6 Å². The second-order valence-electron chi connectivity index (χ2n) is 8.34. The van der Waals surface area contributed by atoms with Crippen LogP contribution in [0.1, 0.15) is 43.7 Å². The monoisotopic (exact) mass is 406 g/mol. The Balaban J connectivity index is 1.84. The topological polar surface area (TPSA) is 81.1 Å². The maximum absolute atomic E-state index is 12.1. The quantitative estimate of drug-likeness (QED) is 0.732. The minimum absolute atomic E-state index is 0.0119. The number of hydrogen-bond acceptors (Lipinski definition) is 5. The number of aliphatic hydroxyl groups excluding tert-OH is 1. The fraction of sp³-hybridized carbons (Fsp3) is 0.619. The Kier molecular flexibility index (Phi) is 6.18. The normalized spacial score (nSPS) is 27.0. The molecular formula is C21H30N2O4S. The molecule has 0 amide bonds. The van der Waals surface area contributed by atoms with Gasteiger partial charge in [0.15, 0.2) is 0 Å².